The van der Waals surface area contributed by atoms with Crippen LogP contribution in [-0.2, 0) is 14.6 Å². The highest BCUT2D eigenvalue weighted by molar-refractivity contribution is 7.94. The summed E-state index contributed by atoms with van der Waals surface area (Å²) in [6, 6.07) is 8.00. The van der Waals surface area contributed by atoms with Gasteiger partial charge in [0.15, 0.2) is 20.9 Å². The van der Waals surface area contributed by atoms with Crippen LogP contribution in [0.25, 0.3) is 0 Å². The molecule has 2 atom stereocenters. The van der Waals surface area contributed by atoms with Crippen LogP contribution in [0.4, 0.5) is 0 Å². The number of benzene rings is 1. The summed E-state index contributed by atoms with van der Waals surface area (Å²) in [5, 5.41) is 6.13. The second-order valence-electron chi connectivity index (χ2n) is 4.96. The molecule has 0 fully saturated rings. The third-order valence-corrected chi connectivity index (χ3v) is 5.78. The molecule has 0 aliphatic carbocycles. The number of rotatable bonds is 6. The molecule has 5 nitrogen and oxygen atoms in total. The largest absolute Gasteiger partial charge is 0.480 e. The average Bonchev–Trinajstić information content (AvgIpc) is 2.36. The van der Waals surface area contributed by atoms with E-state index in [1.807, 2.05) is 0 Å². The fraction of sp³-hybridized carbons (Fsp3) is 0.429. The lowest BCUT2D eigenvalue weighted by Crippen LogP contribution is -2.43. The number of ketones is 1. The monoisotopic (exact) mass is 298 g/mol. The van der Waals surface area contributed by atoms with Crippen LogP contribution in [0, 0.1) is 5.92 Å². The molecule has 2 unspecified atom stereocenters. The van der Waals surface area contributed by atoms with Crippen LogP contribution in [0.1, 0.15) is 31.1 Å². The van der Waals surface area contributed by atoms with E-state index in [4.69, 9.17) is 5.11 Å². The van der Waals surface area contributed by atoms with Crippen LogP contribution in [0.3, 0.4) is 0 Å². The Morgan fingerprint density at radius 1 is 1.05 bits per heavy atom. The van der Waals surface area contributed by atoms with Crippen LogP contribution in [0.5, 0.6) is 0 Å². The van der Waals surface area contributed by atoms with Crippen molar-refractivity contribution >= 4 is 21.6 Å². The Morgan fingerprint density at radius 3 is 1.95 bits per heavy atom. The molecule has 0 bridgehead atoms. The predicted molar refractivity (Wildman–Crippen MR) is 75.4 cm³/mol. The maximum absolute atomic E-state index is 12.3. The van der Waals surface area contributed by atoms with E-state index < -0.39 is 38.0 Å². The molecule has 110 valence electrons. The van der Waals surface area contributed by atoms with Crippen LogP contribution < -0.4 is 0 Å². The highest BCUT2D eigenvalue weighted by Gasteiger charge is 2.42. The molecule has 20 heavy (non-hydrogen) atoms. The van der Waals surface area contributed by atoms with E-state index >= 15 is 0 Å². The minimum atomic E-state index is -4.10. The van der Waals surface area contributed by atoms with Crippen molar-refractivity contribution in [2.75, 3.05) is 0 Å². The molecule has 1 aromatic rings. The number of carboxylic acid groups (broad SMARTS) is 1. The molecule has 1 N–H and O–H groups in total. The van der Waals surface area contributed by atoms with Gasteiger partial charge in [-0.1, -0.05) is 44.2 Å². The third kappa shape index (κ3) is 3.25. The minimum absolute atomic E-state index is 0.261. The lowest BCUT2D eigenvalue weighted by Gasteiger charge is -2.20. The van der Waals surface area contributed by atoms with E-state index in [1.165, 1.54) is 32.9 Å². The maximum atomic E-state index is 12.3. The van der Waals surface area contributed by atoms with Gasteiger partial charge in [0.25, 0.3) is 0 Å². The van der Waals surface area contributed by atoms with Crippen molar-refractivity contribution in [3.8, 4) is 0 Å². The normalized spacial score (nSPS) is 14.8. The van der Waals surface area contributed by atoms with E-state index in [-0.39, 0.29) is 5.56 Å². The fourth-order valence-corrected chi connectivity index (χ4v) is 3.93. The summed E-state index contributed by atoms with van der Waals surface area (Å²) in [4.78, 5) is 23.3. The van der Waals surface area contributed by atoms with Crippen LogP contribution in [-0.4, -0.2) is 35.8 Å². The van der Waals surface area contributed by atoms with E-state index in [1.54, 1.807) is 18.2 Å². The Bertz CT molecular complexity index is 589. The summed E-state index contributed by atoms with van der Waals surface area (Å²) in [6.45, 7) is 4.26. The number of aliphatic carboxylic acids is 1. The molecule has 0 amide bonds. The number of hydrogen-bond donors (Lipinski definition) is 1. The molecule has 0 aliphatic heterocycles. The zero-order valence-electron chi connectivity index (χ0n) is 11.6. The summed E-state index contributed by atoms with van der Waals surface area (Å²) in [5.74, 6) is -2.62. The van der Waals surface area contributed by atoms with Crippen molar-refractivity contribution in [2.24, 2.45) is 5.92 Å². The number of hydrogen-bond acceptors (Lipinski definition) is 4. The Kier molecular flexibility index (Phi) is 5.05. The van der Waals surface area contributed by atoms with Crippen molar-refractivity contribution in [3.63, 3.8) is 0 Å². The SMILES string of the molecule is CC(C)C(C(=O)O)S(=O)(=O)C(C)C(=O)c1ccccc1. The van der Waals surface area contributed by atoms with E-state index in [0.29, 0.717) is 0 Å². The first-order valence-corrected chi connectivity index (χ1v) is 7.85. The van der Waals surface area contributed by atoms with Gasteiger partial charge in [0.1, 0.15) is 5.25 Å². The number of sulfone groups is 1. The fourth-order valence-electron chi connectivity index (χ4n) is 2.01. The quantitative estimate of drug-likeness (QED) is 0.809. The second-order valence-corrected chi connectivity index (χ2v) is 7.36. The van der Waals surface area contributed by atoms with E-state index in [9.17, 15) is 18.0 Å². The van der Waals surface area contributed by atoms with Crippen molar-refractivity contribution in [1.82, 2.24) is 0 Å². The molecule has 0 radical (unpaired) electrons. The topological polar surface area (TPSA) is 88.5 Å². The standard InChI is InChI=1S/C14H18O5S/c1-9(2)13(14(16)17)20(18,19)10(3)12(15)11-7-5-4-6-8-11/h4-10,13H,1-3H3,(H,16,17). The summed E-state index contributed by atoms with van der Waals surface area (Å²) < 4.78 is 24.7. The van der Waals surface area contributed by atoms with E-state index in [2.05, 4.69) is 0 Å². The van der Waals surface area contributed by atoms with Crippen LogP contribution >= 0.6 is 0 Å². The van der Waals surface area contributed by atoms with Crippen molar-refractivity contribution in [2.45, 2.75) is 31.3 Å². The Morgan fingerprint density at radius 2 is 1.55 bits per heavy atom. The second kappa shape index (κ2) is 6.17. The highest BCUT2D eigenvalue weighted by Crippen LogP contribution is 2.20. The minimum Gasteiger partial charge on any atom is -0.480 e. The van der Waals surface area contributed by atoms with Gasteiger partial charge in [0, 0.05) is 5.56 Å². The van der Waals surface area contributed by atoms with Gasteiger partial charge in [-0.05, 0) is 12.8 Å². The molecule has 0 heterocycles. The zero-order chi connectivity index (χ0) is 15.5. The van der Waals surface area contributed by atoms with Gasteiger partial charge >= 0.3 is 5.97 Å². The molecular formula is C14H18O5S. The lowest BCUT2D eigenvalue weighted by molar-refractivity contribution is -0.137. The summed E-state index contributed by atoms with van der Waals surface area (Å²) in [6.07, 6.45) is 0. The highest BCUT2D eigenvalue weighted by atomic mass is 32.2. The van der Waals surface area contributed by atoms with Crippen LogP contribution in [0.15, 0.2) is 30.3 Å². The lowest BCUT2D eigenvalue weighted by atomic mass is 10.1. The van der Waals surface area contributed by atoms with Crippen molar-refractivity contribution < 1.29 is 23.1 Å². The van der Waals surface area contributed by atoms with Gasteiger partial charge in [0.2, 0.25) is 0 Å². The molecule has 0 saturated heterocycles. The van der Waals surface area contributed by atoms with Gasteiger partial charge in [-0.3, -0.25) is 9.59 Å². The smallest absolute Gasteiger partial charge is 0.322 e. The van der Waals surface area contributed by atoms with Crippen LogP contribution in [0.2, 0.25) is 0 Å². The molecule has 0 aliphatic rings. The van der Waals surface area contributed by atoms with Crippen molar-refractivity contribution in [3.05, 3.63) is 35.9 Å². The van der Waals surface area contributed by atoms with Gasteiger partial charge in [-0.15, -0.1) is 0 Å². The number of carbonyl (C=O) groups is 2. The van der Waals surface area contributed by atoms with Gasteiger partial charge in [-0.2, -0.15) is 0 Å². The number of carboxylic acids is 1. The molecule has 1 rings (SSSR count). The summed E-state index contributed by atoms with van der Waals surface area (Å²) in [7, 11) is -4.10. The first-order valence-electron chi connectivity index (χ1n) is 6.24. The molecule has 1 aromatic carbocycles. The molecular weight excluding hydrogens is 280 g/mol. The number of Topliss-reactive ketones (excluding diaryl/α,β-unsaturated/α-hetero) is 1. The molecule has 0 saturated carbocycles. The molecule has 6 heteroatoms. The Hall–Kier alpha value is -1.69. The molecule has 0 spiro atoms. The maximum Gasteiger partial charge on any atom is 0.322 e. The molecule has 0 aromatic heterocycles. The van der Waals surface area contributed by atoms with Crippen molar-refractivity contribution in [1.29, 1.82) is 0 Å². The van der Waals surface area contributed by atoms with Gasteiger partial charge in [-0.25, -0.2) is 8.42 Å². The van der Waals surface area contributed by atoms with Gasteiger partial charge < -0.3 is 5.11 Å². The third-order valence-electron chi connectivity index (χ3n) is 3.12. The zero-order valence-corrected chi connectivity index (χ0v) is 12.4. The summed E-state index contributed by atoms with van der Waals surface area (Å²) >= 11 is 0. The summed E-state index contributed by atoms with van der Waals surface area (Å²) in [5.41, 5.74) is 0.261. The Labute approximate surface area is 118 Å². The number of carbonyl (C=O) groups excluding carboxylic acids is 1. The first-order chi connectivity index (χ1) is 9.19. The van der Waals surface area contributed by atoms with Gasteiger partial charge in [0.05, 0.1) is 0 Å². The Balaban J connectivity index is 3.15. The average molecular weight is 298 g/mol. The first kappa shape index (κ1) is 16.4. The van der Waals surface area contributed by atoms with E-state index in [0.717, 1.165) is 0 Å². The predicted octanol–water partition coefficient (Wildman–Crippen LogP) is 1.78.